The van der Waals surface area contributed by atoms with Gasteiger partial charge in [-0.25, -0.2) is 0 Å². The van der Waals surface area contributed by atoms with E-state index in [1.807, 2.05) is 0 Å². The van der Waals surface area contributed by atoms with Gasteiger partial charge in [0.1, 0.15) is 0 Å². The van der Waals surface area contributed by atoms with Crippen LogP contribution in [0.3, 0.4) is 0 Å². The average molecular weight is 206 g/mol. The lowest BCUT2D eigenvalue weighted by Gasteiger charge is -2.21. The standard InChI is InChI=1S/C9H16ClNO2/c10-3-4-11-9(12)7-8-1-5-13-6-2-8/h8H,1-7H2,(H,11,12). The Labute approximate surface area is 83.8 Å². The third-order valence-corrected chi connectivity index (χ3v) is 2.42. The zero-order chi connectivity index (χ0) is 9.52. The minimum atomic E-state index is 0.118. The highest BCUT2D eigenvalue weighted by Gasteiger charge is 2.16. The molecule has 1 saturated heterocycles. The lowest BCUT2D eigenvalue weighted by Crippen LogP contribution is -2.29. The van der Waals surface area contributed by atoms with Crippen molar-refractivity contribution in [2.75, 3.05) is 25.6 Å². The normalized spacial score (nSPS) is 18.5. The van der Waals surface area contributed by atoms with E-state index in [4.69, 9.17) is 16.3 Å². The van der Waals surface area contributed by atoms with Crippen LogP contribution < -0.4 is 5.32 Å². The molecular formula is C9H16ClNO2. The van der Waals surface area contributed by atoms with Gasteiger partial charge in [-0.15, -0.1) is 11.6 Å². The van der Waals surface area contributed by atoms with Gasteiger partial charge in [0.2, 0.25) is 5.91 Å². The number of ether oxygens (including phenoxy) is 1. The summed E-state index contributed by atoms with van der Waals surface area (Å²) >= 11 is 5.45. The SMILES string of the molecule is O=C(CC1CCOCC1)NCCCl. The van der Waals surface area contributed by atoms with E-state index in [-0.39, 0.29) is 5.91 Å². The Balaban J connectivity index is 2.11. The molecule has 0 aromatic carbocycles. The first-order valence-corrected chi connectivity index (χ1v) is 5.27. The van der Waals surface area contributed by atoms with Crippen molar-refractivity contribution in [3.63, 3.8) is 0 Å². The number of carbonyl (C=O) groups is 1. The third-order valence-electron chi connectivity index (χ3n) is 2.23. The van der Waals surface area contributed by atoms with Crippen LogP contribution in [0.15, 0.2) is 0 Å². The summed E-state index contributed by atoms with van der Waals surface area (Å²) in [5, 5.41) is 2.77. The van der Waals surface area contributed by atoms with E-state index in [0.29, 0.717) is 24.8 Å². The third kappa shape index (κ3) is 4.48. The molecule has 3 nitrogen and oxygen atoms in total. The Morgan fingerprint density at radius 3 is 2.77 bits per heavy atom. The van der Waals surface area contributed by atoms with Gasteiger partial charge in [-0.2, -0.15) is 0 Å². The van der Waals surface area contributed by atoms with Gasteiger partial charge < -0.3 is 10.1 Å². The summed E-state index contributed by atoms with van der Waals surface area (Å²) in [6.45, 7) is 2.17. The fourth-order valence-corrected chi connectivity index (χ4v) is 1.57. The van der Waals surface area contributed by atoms with E-state index >= 15 is 0 Å². The molecule has 0 radical (unpaired) electrons. The van der Waals surface area contributed by atoms with Crippen molar-refractivity contribution in [2.45, 2.75) is 19.3 Å². The highest BCUT2D eigenvalue weighted by molar-refractivity contribution is 6.18. The van der Waals surface area contributed by atoms with E-state index in [9.17, 15) is 4.79 Å². The second-order valence-electron chi connectivity index (χ2n) is 3.30. The van der Waals surface area contributed by atoms with Crippen LogP contribution in [0.4, 0.5) is 0 Å². The molecule has 1 amide bonds. The number of nitrogens with one attached hydrogen (secondary N) is 1. The van der Waals surface area contributed by atoms with Crippen LogP contribution in [-0.4, -0.2) is 31.5 Å². The van der Waals surface area contributed by atoms with Gasteiger partial charge in [0.25, 0.3) is 0 Å². The highest BCUT2D eigenvalue weighted by Crippen LogP contribution is 2.17. The molecule has 1 heterocycles. The Morgan fingerprint density at radius 2 is 2.15 bits per heavy atom. The fourth-order valence-electron chi connectivity index (χ4n) is 1.47. The van der Waals surface area contributed by atoms with Crippen molar-refractivity contribution in [3.05, 3.63) is 0 Å². The summed E-state index contributed by atoms with van der Waals surface area (Å²) in [6.07, 6.45) is 2.64. The fraction of sp³-hybridized carbons (Fsp3) is 0.889. The zero-order valence-corrected chi connectivity index (χ0v) is 8.48. The molecule has 0 aromatic heterocycles. The van der Waals surface area contributed by atoms with Gasteiger partial charge in [-0.3, -0.25) is 4.79 Å². The minimum absolute atomic E-state index is 0.118. The van der Waals surface area contributed by atoms with Crippen molar-refractivity contribution in [1.29, 1.82) is 0 Å². The molecule has 1 N–H and O–H groups in total. The van der Waals surface area contributed by atoms with Gasteiger partial charge in [-0.05, 0) is 18.8 Å². The van der Waals surface area contributed by atoms with Gasteiger partial charge in [0.05, 0.1) is 0 Å². The summed E-state index contributed by atoms with van der Waals surface area (Å²) in [6, 6.07) is 0. The molecule has 0 aromatic rings. The van der Waals surface area contributed by atoms with Crippen molar-refractivity contribution in [2.24, 2.45) is 5.92 Å². The van der Waals surface area contributed by atoms with Crippen molar-refractivity contribution in [1.82, 2.24) is 5.32 Å². The number of alkyl halides is 1. The predicted molar refractivity (Wildman–Crippen MR) is 51.9 cm³/mol. The maximum atomic E-state index is 11.3. The van der Waals surface area contributed by atoms with Crippen LogP contribution in [0, 0.1) is 5.92 Å². The summed E-state index contributed by atoms with van der Waals surface area (Å²) in [4.78, 5) is 11.3. The van der Waals surface area contributed by atoms with Gasteiger partial charge in [0, 0.05) is 32.1 Å². The molecule has 0 atom stereocenters. The molecule has 1 aliphatic rings. The molecule has 1 rings (SSSR count). The number of halogens is 1. The lowest BCUT2D eigenvalue weighted by atomic mass is 9.96. The molecule has 4 heteroatoms. The number of rotatable bonds is 4. The van der Waals surface area contributed by atoms with E-state index in [1.165, 1.54) is 0 Å². The number of carbonyl (C=O) groups excluding carboxylic acids is 1. The first-order chi connectivity index (χ1) is 6.33. The molecule has 0 saturated carbocycles. The first kappa shape index (κ1) is 10.8. The van der Waals surface area contributed by atoms with Gasteiger partial charge in [-0.1, -0.05) is 0 Å². The molecule has 0 bridgehead atoms. The summed E-state index contributed by atoms with van der Waals surface area (Å²) in [5.41, 5.74) is 0. The molecule has 13 heavy (non-hydrogen) atoms. The summed E-state index contributed by atoms with van der Waals surface area (Å²) in [5.74, 6) is 1.11. The molecule has 76 valence electrons. The maximum absolute atomic E-state index is 11.3. The highest BCUT2D eigenvalue weighted by atomic mass is 35.5. The summed E-state index contributed by atoms with van der Waals surface area (Å²) < 4.78 is 5.21. The Morgan fingerprint density at radius 1 is 1.46 bits per heavy atom. The predicted octanol–water partition coefficient (Wildman–Crippen LogP) is 1.16. The van der Waals surface area contributed by atoms with Crippen LogP contribution in [0.25, 0.3) is 0 Å². The monoisotopic (exact) mass is 205 g/mol. The van der Waals surface area contributed by atoms with Crippen molar-refractivity contribution >= 4 is 17.5 Å². The van der Waals surface area contributed by atoms with E-state index in [0.717, 1.165) is 26.1 Å². The largest absolute Gasteiger partial charge is 0.381 e. The minimum Gasteiger partial charge on any atom is -0.381 e. The molecule has 0 aliphatic carbocycles. The molecule has 1 fully saturated rings. The van der Waals surface area contributed by atoms with E-state index < -0.39 is 0 Å². The lowest BCUT2D eigenvalue weighted by molar-refractivity contribution is -0.122. The first-order valence-electron chi connectivity index (χ1n) is 4.73. The maximum Gasteiger partial charge on any atom is 0.220 e. The molecule has 1 aliphatic heterocycles. The average Bonchev–Trinajstić information content (AvgIpc) is 2.16. The second kappa shape index (κ2) is 6.22. The Bertz CT molecular complexity index is 158. The van der Waals surface area contributed by atoms with Crippen LogP contribution in [0.1, 0.15) is 19.3 Å². The van der Waals surface area contributed by atoms with Crippen molar-refractivity contribution in [3.8, 4) is 0 Å². The Kier molecular flexibility index (Phi) is 5.16. The van der Waals surface area contributed by atoms with E-state index in [2.05, 4.69) is 5.32 Å². The number of amides is 1. The molecular weight excluding hydrogens is 190 g/mol. The van der Waals surface area contributed by atoms with Gasteiger partial charge in [0.15, 0.2) is 0 Å². The topological polar surface area (TPSA) is 38.3 Å². The zero-order valence-electron chi connectivity index (χ0n) is 7.72. The number of hydrogen-bond acceptors (Lipinski definition) is 2. The van der Waals surface area contributed by atoms with Crippen LogP contribution in [-0.2, 0) is 9.53 Å². The van der Waals surface area contributed by atoms with Crippen LogP contribution in [0.5, 0.6) is 0 Å². The van der Waals surface area contributed by atoms with Crippen molar-refractivity contribution < 1.29 is 9.53 Å². The second-order valence-corrected chi connectivity index (χ2v) is 3.68. The van der Waals surface area contributed by atoms with Gasteiger partial charge >= 0.3 is 0 Å². The summed E-state index contributed by atoms with van der Waals surface area (Å²) in [7, 11) is 0. The van der Waals surface area contributed by atoms with E-state index in [1.54, 1.807) is 0 Å². The van der Waals surface area contributed by atoms with Crippen LogP contribution >= 0.6 is 11.6 Å². The van der Waals surface area contributed by atoms with Crippen LogP contribution in [0.2, 0.25) is 0 Å². The molecule has 0 unspecified atom stereocenters. The Hall–Kier alpha value is -0.280. The molecule has 0 spiro atoms. The number of hydrogen-bond donors (Lipinski definition) is 1. The quantitative estimate of drug-likeness (QED) is 0.700. The smallest absolute Gasteiger partial charge is 0.220 e.